The maximum atomic E-state index is 6.45. The van der Waals surface area contributed by atoms with Crippen LogP contribution in [-0.2, 0) is 0 Å². The molecular formula is C21H21BrCl2N2. The van der Waals surface area contributed by atoms with Crippen molar-refractivity contribution in [2.75, 3.05) is 6.54 Å². The Bertz CT molecular complexity index is 858. The van der Waals surface area contributed by atoms with Crippen molar-refractivity contribution in [2.45, 2.75) is 20.8 Å². The third-order valence-corrected chi connectivity index (χ3v) is 5.01. The number of allylic oxidation sites excluding steroid dienone is 3. The lowest BCUT2D eigenvalue weighted by molar-refractivity contribution is 0.528. The van der Waals surface area contributed by atoms with Crippen LogP contribution in [0.25, 0.3) is 11.3 Å². The summed E-state index contributed by atoms with van der Waals surface area (Å²) in [6, 6.07) is 11.9. The molecule has 0 aliphatic carbocycles. The minimum Gasteiger partial charge on any atom is -0.339 e. The van der Waals surface area contributed by atoms with Crippen LogP contribution >= 0.6 is 39.1 Å². The average molecular weight is 452 g/mol. The Hall–Kier alpha value is -1.55. The number of hydrogen-bond donors (Lipinski definition) is 0. The van der Waals surface area contributed by atoms with Gasteiger partial charge in [0.25, 0.3) is 0 Å². The Morgan fingerprint density at radius 3 is 2.38 bits per heavy atom. The quantitative estimate of drug-likeness (QED) is 0.482. The molecule has 2 nitrogen and oxygen atoms in total. The van der Waals surface area contributed by atoms with E-state index >= 15 is 0 Å². The van der Waals surface area contributed by atoms with Crippen molar-refractivity contribution in [3.8, 4) is 0 Å². The molecule has 1 aromatic heterocycles. The Labute approximate surface area is 174 Å². The minimum atomic E-state index is 0.514. The van der Waals surface area contributed by atoms with Crippen LogP contribution in [0.15, 0.2) is 65.4 Å². The molecular weight excluding hydrogens is 431 g/mol. The SMILES string of the molecule is C=C1C(Br)=CC(c2ccccc2)=C(c2ncc(Cl)cc2Cl)N1CC.CC. The molecule has 0 radical (unpaired) electrons. The largest absolute Gasteiger partial charge is 0.339 e. The lowest BCUT2D eigenvalue weighted by Crippen LogP contribution is -2.25. The molecule has 0 unspecified atom stereocenters. The maximum Gasteiger partial charge on any atom is 0.106 e. The van der Waals surface area contributed by atoms with Crippen LogP contribution in [0.5, 0.6) is 0 Å². The monoisotopic (exact) mass is 450 g/mol. The molecule has 1 aliphatic heterocycles. The van der Waals surface area contributed by atoms with Gasteiger partial charge in [-0.25, -0.2) is 0 Å². The van der Waals surface area contributed by atoms with Gasteiger partial charge in [-0.1, -0.05) is 74.0 Å². The fraction of sp³-hybridized carbons (Fsp3) is 0.190. The summed E-state index contributed by atoms with van der Waals surface area (Å²) < 4.78 is 0.942. The number of hydrogen-bond acceptors (Lipinski definition) is 2. The molecule has 5 heteroatoms. The van der Waals surface area contributed by atoms with Gasteiger partial charge in [-0.15, -0.1) is 0 Å². The van der Waals surface area contributed by atoms with Gasteiger partial charge >= 0.3 is 0 Å². The molecule has 0 saturated carbocycles. The molecule has 3 rings (SSSR count). The molecule has 0 bridgehead atoms. The molecule has 0 saturated heterocycles. The van der Waals surface area contributed by atoms with E-state index in [1.54, 1.807) is 12.3 Å². The highest BCUT2D eigenvalue weighted by Crippen LogP contribution is 2.42. The molecule has 1 aromatic carbocycles. The fourth-order valence-electron chi connectivity index (χ4n) is 2.72. The van der Waals surface area contributed by atoms with E-state index in [1.807, 2.05) is 32.0 Å². The number of aromatic nitrogens is 1. The Balaban J connectivity index is 0.00000117. The van der Waals surface area contributed by atoms with E-state index in [1.165, 1.54) is 0 Å². The van der Waals surface area contributed by atoms with Crippen molar-refractivity contribution >= 4 is 50.4 Å². The molecule has 0 spiro atoms. The van der Waals surface area contributed by atoms with Gasteiger partial charge in [-0.3, -0.25) is 4.98 Å². The molecule has 0 N–H and O–H groups in total. The van der Waals surface area contributed by atoms with Crippen molar-refractivity contribution in [3.63, 3.8) is 0 Å². The van der Waals surface area contributed by atoms with Gasteiger partial charge in [0.2, 0.25) is 0 Å². The van der Waals surface area contributed by atoms with Gasteiger partial charge in [0.1, 0.15) is 5.69 Å². The molecule has 26 heavy (non-hydrogen) atoms. The van der Waals surface area contributed by atoms with E-state index in [4.69, 9.17) is 23.2 Å². The normalized spacial score (nSPS) is 14.0. The fourth-order valence-corrected chi connectivity index (χ4v) is 3.63. The summed E-state index contributed by atoms with van der Waals surface area (Å²) in [4.78, 5) is 6.59. The van der Waals surface area contributed by atoms with Crippen LogP contribution < -0.4 is 0 Å². The van der Waals surface area contributed by atoms with Gasteiger partial charge in [-0.05, 0) is 40.6 Å². The molecule has 0 atom stereocenters. The Kier molecular flexibility index (Phi) is 7.51. The summed E-state index contributed by atoms with van der Waals surface area (Å²) in [6.07, 6.45) is 3.67. The second-order valence-corrected chi connectivity index (χ2v) is 6.99. The molecule has 2 heterocycles. The van der Waals surface area contributed by atoms with E-state index in [-0.39, 0.29) is 0 Å². The third kappa shape index (κ3) is 4.22. The molecule has 0 amide bonds. The van der Waals surface area contributed by atoms with Crippen LogP contribution in [0, 0.1) is 0 Å². The highest BCUT2D eigenvalue weighted by atomic mass is 79.9. The molecule has 136 valence electrons. The summed E-state index contributed by atoms with van der Waals surface area (Å²) in [7, 11) is 0. The molecule has 0 fully saturated rings. The predicted molar refractivity (Wildman–Crippen MR) is 117 cm³/mol. The number of rotatable bonds is 3. The van der Waals surface area contributed by atoms with Crippen LogP contribution in [-0.4, -0.2) is 16.4 Å². The van der Waals surface area contributed by atoms with Crippen LogP contribution in [0.2, 0.25) is 10.0 Å². The summed E-state index contributed by atoms with van der Waals surface area (Å²) in [5.41, 5.74) is 4.62. The van der Waals surface area contributed by atoms with E-state index in [0.29, 0.717) is 15.7 Å². The lowest BCUT2D eigenvalue weighted by atomic mass is 9.97. The van der Waals surface area contributed by atoms with E-state index < -0.39 is 0 Å². The van der Waals surface area contributed by atoms with Gasteiger partial charge in [0.05, 0.1) is 15.7 Å². The molecule has 1 aliphatic rings. The van der Waals surface area contributed by atoms with Crippen LogP contribution in [0.3, 0.4) is 0 Å². The Morgan fingerprint density at radius 2 is 1.81 bits per heavy atom. The first-order valence-electron chi connectivity index (χ1n) is 8.48. The van der Waals surface area contributed by atoms with Crippen molar-refractivity contribution in [1.29, 1.82) is 0 Å². The highest BCUT2D eigenvalue weighted by Gasteiger charge is 2.26. The van der Waals surface area contributed by atoms with E-state index in [2.05, 4.69) is 57.5 Å². The first-order valence-corrected chi connectivity index (χ1v) is 10.0. The highest BCUT2D eigenvalue weighted by molar-refractivity contribution is 9.12. The third-order valence-electron chi connectivity index (χ3n) is 3.83. The number of halogens is 3. The second kappa shape index (κ2) is 9.40. The van der Waals surface area contributed by atoms with Gasteiger partial charge in [-0.2, -0.15) is 0 Å². The lowest BCUT2D eigenvalue weighted by Gasteiger charge is -2.33. The zero-order chi connectivity index (χ0) is 19.3. The first kappa shape index (κ1) is 20.8. The first-order chi connectivity index (χ1) is 12.5. The van der Waals surface area contributed by atoms with E-state index in [9.17, 15) is 0 Å². The van der Waals surface area contributed by atoms with Gasteiger partial charge in [0.15, 0.2) is 0 Å². The number of benzene rings is 1. The average Bonchev–Trinajstić information content (AvgIpc) is 2.66. The van der Waals surface area contributed by atoms with Crippen molar-refractivity contribution in [1.82, 2.24) is 9.88 Å². The summed E-state index contributed by atoms with van der Waals surface area (Å²) in [5.74, 6) is 0. The van der Waals surface area contributed by atoms with Crippen molar-refractivity contribution in [2.24, 2.45) is 0 Å². The molecule has 2 aromatic rings. The van der Waals surface area contributed by atoms with Crippen LogP contribution in [0.4, 0.5) is 0 Å². The summed E-state index contributed by atoms with van der Waals surface area (Å²) in [5, 5.41) is 1.03. The number of likely N-dealkylation sites (N-methyl/N-ethyl adjacent to an activating group) is 1. The number of pyridine rings is 1. The van der Waals surface area contributed by atoms with Crippen LogP contribution in [0.1, 0.15) is 32.0 Å². The number of nitrogens with zero attached hydrogens (tertiary/aromatic N) is 2. The van der Waals surface area contributed by atoms with Crippen molar-refractivity contribution < 1.29 is 0 Å². The van der Waals surface area contributed by atoms with E-state index in [0.717, 1.165) is 33.6 Å². The maximum absolute atomic E-state index is 6.45. The van der Waals surface area contributed by atoms with Gasteiger partial charge < -0.3 is 4.90 Å². The topological polar surface area (TPSA) is 16.1 Å². The zero-order valence-corrected chi connectivity index (χ0v) is 18.2. The smallest absolute Gasteiger partial charge is 0.106 e. The zero-order valence-electron chi connectivity index (χ0n) is 15.1. The summed E-state index contributed by atoms with van der Waals surface area (Å²) in [6.45, 7) is 11.0. The van der Waals surface area contributed by atoms with Crippen molar-refractivity contribution in [3.05, 3.63) is 86.7 Å². The summed E-state index contributed by atoms with van der Waals surface area (Å²) >= 11 is 16.1. The Morgan fingerprint density at radius 1 is 1.15 bits per heavy atom. The minimum absolute atomic E-state index is 0.514. The predicted octanol–water partition coefficient (Wildman–Crippen LogP) is 7.41. The second-order valence-electron chi connectivity index (χ2n) is 5.30. The van der Waals surface area contributed by atoms with Gasteiger partial charge in [0, 0.05) is 28.5 Å². The standard InChI is InChI=1S/C19H15BrCl2N2.C2H6/c1-3-24-12(2)16(20)10-15(13-7-5-4-6-8-13)19(24)18-17(22)9-14(21)11-23-18;1-2/h4-11H,2-3H2,1H3;1-2H3.